The summed E-state index contributed by atoms with van der Waals surface area (Å²) in [6, 6.07) is 5.93. The van der Waals surface area contributed by atoms with E-state index in [9.17, 15) is 9.18 Å². The molecule has 1 aromatic carbocycles. The zero-order chi connectivity index (χ0) is 13.3. The molecule has 0 aliphatic carbocycles. The number of esters is 1. The highest BCUT2D eigenvalue weighted by molar-refractivity contribution is 5.82. The van der Waals surface area contributed by atoms with E-state index in [-0.39, 0.29) is 5.56 Å². The van der Waals surface area contributed by atoms with Gasteiger partial charge in [-0.15, -0.1) is 0 Å². The molecule has 0 spiro atoms. The van der Waals surface area contributed by atoms with Crippen LogP contribution in [0.5, 0.6) is 0 Å². The van der Waals surface area contributed by atoms with E-state index in [1.54, 1.807) is 32.9 Å². The summed E-state index contributed by atoms with van der Waals surface area (Å²) in [5.41, 5.74) is 3.87. The van der Waals surface area contributed by atoms with Gasteiger partial charge >= 0.3 is 5.97 Å². The van der Waals surface area contributed by atoms with Gasteiger partial charge in [0.1, 0.15) is 17.0 Å². The first-order valence-corrected chi connectivity index (χ1v) is 5.42. The molecule has 0 aliphatic heterocycles. The molecule has 3 nitrogen and oxygen atoms in total. The number of carbonyl (C=O) groups excluding carboxylic acids is 1. The normalized spacial score (nSPS) is 15.2. The Morgan fingerprint density at radius 3 is 2.24 bits per heavy atom. The summed E-state index contributed by atoms with van der Waals surface area (Å²) >= 11 is 0. The molecule has 17 heavy (non-hydrogen) atoms. The van der Waals surface area contributed by atoms with Gasteiger partial charge in [0.05, 0.1) is 0 Å². The number of nitrogens with two attached hydrogens (primary N) is 1. The molecule has 2 N–H and O–H groups in total. The second-order valence-electron chi connectivity index (χ2n) is 5.18. The van der Waals surface area contributed by atoms with Gasteiger partial charge in [-0.3, -0.25) is 0 Å². The Bertz CT molecular complexity index is 422. The van der Waals surface area contributed by atoms with Crippen LogP contribution in [0.4, 0.5) is 4.39 Å². The number of hydrogen-bond donors (Lipinski definition) is 1. The predicted octanol–water partition coefficient (Wildman–Crippen LogP) is 2.34. The van der Waals surface area contributed by atoms with Gasteiger partial charge in [-0.05, 0) is 33.8 Å². The third-order valence-electron chi connectivity index (χ3n) is 2.26. The summed E-state index contributed by atoms with van der Waals surface area (Å²) in [6.45, 7) is 6.66. The predicted molar refractivity (Wildman–Crippen MR) is 63.8 cm³/mol. The van der Waals surface area contributed by atoms with Crippen LogP contribution < -0.4 is 5.73 Å². The lowest BCUT2D eigenvalue weighted by molar-refractivity contribution is -0.161. The highest BCUT2D eigenvalue weighted by atomic mass is 19.1. The highest BCUT2D eigenvalue weighted by Gasteiger charge is 2.36. The quantitative estimate of drug-likeness (QED) is 0.806. The Balaban J connectivity index is 3.03. The molecule has 0 heterocycles. The van der Waals surface area contributed by atoms with Gasteiger partial charge in [0.15, 0.2) is 0 Å². The molecular weight excluding hydrogens is 221 g/mol. The van der Waals surface area contributed by atoms with E-state index in [2.05, 4.69) is 0 Å². The lowest BCUT2D eigenvalue weighted by atomic mass is 9.92. The summed E-state index contributed by atoms with van der Waals surface area (Å²) in [6.07, 6.45) is 0. The van der Waals surface area contributed by atoms with Crippen LogP contribution in [0.2, 0.25) is 0 Å². The molecule has 1 atom stereocenters. The standard InChI is InChI=1S/C13H18FNO2/c1-12(2,3)17-11(16)13(4,15)9-7-5-6-8-10(9)14/h5-8H,15H2,1-4H3. The molecule has 0 fully saturated rings. The van der Waals surface area contributed by atoms with E-state index in [0.717, 1.165) is 0 Å². The molecule has 94 valence electrons. The number of benzene rings is 1. The minimum Gasteiger partial charge on any atom is -0.458 e. The van der Waals surface area contributed by atoms with Crippen LogP contribution in [0.3, 0.4) is 0 Å². The average Bonchev–Trinajstić information content (AvgIpc) is 2.15. The smallest absolute Gasteiger partial charge is 0.331 e. The van der Waals surface area contributed by atoms with Crippen LogP contribution in [-0.4, -0.2) is 11.6 Å². The Labute approximate surface area is 101 Å². The first-order chi connectivity index (χ1) is 7.64. The number of halogens is 1. The van der Waals surface area contributed by atoms with E-state index in [1.807, 2.05) is 0 Å². The molecule has 1 unspecified atom stereocenters. The van der Waals surface area contributed by atoms with E-state index < -0.39 is 22.9 Å². The maximum absolute atomic E-state index is 13.6. The molecule has 1 aromatic rings. The number of ether oxygens (including phenoxy) is 1. The van der Waals surface area contributed by atoms with Gasteiger partial charge in [0, 0.05) is 5.56 Å². The summed E-state index contributed by atoms with van der Waals surface area (Å²) in [5.74, 6) is -1.15. The largest absolute Gasteiger partial charge is 0.458 e. The first kappa shape index (κ1) is 13.6. The molecule has 0 bridgehead atoms. The van der Waals surface area contributed by atoms with Crippen LogP contribution in [0, 0.1) is 5.82 Å². The molecule has 0 radical (unpaired) electrons. The molecule has 0 amide bonds. The van der Waals surface area contributed by atoms with E-state index in [0.29, 0.717) is 0 Å². The minimum absolute atomic E-state index is 0.134. The van der Waals surface area contributed by atoms with Crippen molar-refractivity contribution in [3.63, 3.8) is 0 Å². The van der Waals surface area contributed by atoms with Gasteiger partial charge in [0.25, 0.3) is 0 Å². The highest BCUT2D eigenvalue weighted by Crippen LogP contribution is 2.24. The number of rotatable bonds is 2. The van der Waals surface area contributed by atoms with Gasteiger partial charge in [0.2, 0.25) is 0 Å². The van der Waals surface area contributed by atoms with Crippen LogP contribution in [-0.2, 0) is 15.1 Å². The van der Waals surface area contributed by atoms with Crippen LogP contribution >= 0.6 is 0 Å². The van der Waals surface area contributed by atoms with Crippen molar-refractivity contribution in [1.29, 1.82) is 0 Å². The maximum Gasteiger partial charge on any atom is 0.331 e. The first-order valence-electron chi connectivity index (χ1n) is 5.42. The second kappa shape index (κ2) is 4.45. The lowest BCUT2D eigenvalue weighted by Gasteiger charge is -2.28. The number of hydrogen-bond acceptors (Lipinski definition) is 3. The maximum atomic E-state index is 13.6. The Kier molecular flexibility index (Phi) is 3.57. The van der Waals surface area contributed by atoms with Crippen molar-refractivity contribution < 1.29 is 13.9 Å². The van der Waals surface area contributed by atoms with Crippen molar-refractivity contribution >= 4 is 5.97 Å². The SMILES string of the molecule is CC(C)(C)OC(=O)C(C)(N)c1ccccc1F. The van der Waals surface area contributed by atoms with Gasteiger partial charge in [-0.2, -0.15) is 0 Å². The zero-order valence-electron chi connectivity index (χ0n) is 10.6. The third-order valence-corrected chi connectivity index (χ3v) is 2.26. The van der Waals surface area contributed by atoms with Crippen LogP contribution in [0.25, 0.3) is 0 Å². The minimum atomic E-state index is -1.49. The topological polar surface area (TPSA) is 52.3 Å². The van der Waals surface area contributed by atoms with Crippen LogP contribution in [0.1, 0.15) is 33.3 Å². The van der Waals surface area contributed by atoms with Crippen molar-refractivity contribution in [3.8, 4) is 0 Å². The Morgan fingerprint density at radius 2 is 1.76 bits per heavy atom. The zero-order valence-corrected chi connectivity index (χ0v) is 10.6. The number of carbonyl (C=O) groups is 1. The lowest BCUT2D eigenvalue weighted by Crippen LogP contribution is -2.46. The van der Waals surface area contributed by atoms with Gasteiger partial charge in [-0.25, -0.2) is 9.18 Å². The average molecular weight is 239 g/mol. The summed E-state index contributed by atoms with van der Waals surface area (Å²) < 4.78 is 18.8. The molecular formula is C13H18FNO2. The summed E-state index contributed by atoms with van der Waals surface area (Å²) in [7, 11) is 0. The van der Waals surface area contributed by atoms with Crippen molar-refractivity contribution in [2.75, 3.05) is 0 Å². The molecule has 0 saturated heterocycles. The second-order valence-corrected chi connectivity index (χ2v) is 5.18. The fourth-order valence-electron chi connectivity index (χ4n) is 1.38. The Hall–Kier alpha value is -1.42. The molecule has 4 heteroatoms. The Morgan fingerprint density at radius 1 is 1.24 bits per heavy atom. The summed E-state index contributed by atoms with van der Waals surface area (Å²) in [5, 5.41) is 0. The fourth-order valence-corrected chi connectivity index (χ4v) is 1.38. The van der Waals surface area contributed by atoms with Crippen molar-refractivity contribution in [2.45, 2.75) is 38.8 Å². The van der Waals surface area contributed by atoms with Gasteiger partial charge < -0.3 is 10.5 Å². The molecule has 0 aliphatic rings. The van der Waals surface area contributed by atoms with Crippen molar-refractivity contribution in [2.24, 2.45) is 5.73 Å². The molecule has 1 rings (SSSR count). The van der Waals surface area contributed by atoms with Crippen molar-refractivity contribution in [1.82, 2.24) is 0 Å². The summed E-state index contributed by atoms with van der Waals surface area (Å²) in [4.78, 5) is 11.9. The monoisotopic (exact) mass is 239 g/mol. The van der Waals surface area contributed by atoms with E-state index >= 15 is 0 Å². The third kappa shape index (κ3) is 3.27. The molecule has 0 saturated carbocycles. The van der Waals surface area contributed by atoms with Gasteiger partial charge in [-0.1, -0.05) is 18.2 Å². The van der Waals surface area contributed by atoms with Crippen molar-refractivity contribution in [3.05, 3.63) is 35.6 Å². The van der Waals surface area contributed by atoms with E-state index in [4.69, 9.17) is 10.5 Å². The fraction of sp³-hybridized carbons (Fsp3) is 0.462. The van der Waals surface area contributed by atoms with E-state index in [1.165, 1.54) is 19.1 Å². The molecule has 0 aromatic heterocycles. The van der Waals surface area contributed by atoms with Crippen LogP contribution in [0.15, 0.2) is 24.3 Å².